The van der Waals surface area contributed by atoms with E-state index in [9.17, 15) is 10.1 Å². The minimum absolute atomic E-state index is 0.0115. The molecule has 21 heavy (non-hydrogen) atoms. The Morgan fingerprint density at radius 3 is 2.90 bits per heavy atom. The van der Waals surface area contributed by atoms with Crippen molar-refractivity contribution in [3.63, 3.8) is 0 Å². The van der Waals surface area contributed by atoms with Gasteiger partial charge in [-0.3, -0.25) is 10.1 Å². The summed E-state index contributed by atoms with van der Waals surface area (Å²) in [4.78, 5) is 10.6. The Morgan fingerprint density at radius 2 is 2.29 bits per heavy atom. The number of hydrogen-bond acceptors (Lipinski definition) is 5. The minimum Gasteiger partial charge on any atom is -0.491 e. The maximum Gasteiger partial charge on any atom is 0.275 e. The molecule has 1 aromatic carbocycles. The standard InChI is InChI=1S/C15H23N3O3/c1-11(2)21-15-9-13(8-14(10-15)18(19)20)17-7-5-12-4-3-6-16-12/h8-12,16-17H,3-7H2,1-2H3. The average molecular weight is 293 g/mol. The quantitative estimate of drug-likeness (QED) is 0.597. The molecule has 1 atom stereocenters. The van der Waals surface area contributed by atoms with Crippen molar-refractivity contribution < 1.29 is 9.66 Å². The first kappa shape index (κ1) is 15.6. The fourth-order valence-electron chi connectivity index (χ4n) is 2.52. The van der Waals surface area contributed by atoms with Crippen LogP contribution in [0.15, 0.2) is 18.2 Å². The van der Waals surface area contributed by atoms with E-state index in [0.29, 0.717) is 11.8 Å². The van der Waals surface area contributed by atoms with Crippen LogP contribution >= 0.6 is 0 Å². The molecule has 0 spiro atoms. The molecule has 1 unspecified atom stereocenters. The lowest BCUT2D eigenvalue weighted by molar-refractivity contribution is -0.384. The first-order chi connectivity index (χ1) is 10.0. The molecule has 6 heteroatoms. The maximum atomic E-state index is 11.0. The van der Waals surface area contributed by atoms with E-state index in [0.717, 1.165) is 25.2 Å². The van der Waals surface area contributed by atoms with Gasteiger partial charge in [0.05, 0.1) is 17.1 Å². The van der Waals surface area contributed by atoms with Gasteiger partial charge < -0.3 is 15.4 Å². The van der Waals surface area contributed by atoms with E-state index < -0.39 is 4.92 Å². The molecule has 0 aromatic heterocycles. The number of non-ortho nitro benzene ring substituents is 1. The SMILES string of the molecule is CC(C)Oc1cc(NCCC2CCCN2)cc([N+](=O)[O-])c1. The van der Waals surface area contributed by atoms with E-state index in [1.54, 1.807) is 6.07 Å². The Kier molecular flexibility index (Phi) is 5.38. The molecule has 2 N–H and O–H groups in total. The van der Waals surface area contributed by atoms with Crippen LogP contribution in [0.5, 0.6) is 5.75 Å². The van der Waals surface area contributed by atoms with E-state index in [1.165, 1.54) is 18.9 Å². The maximum absolute atomic E-state index is 11.0. The third-order valence-electron chi connectivity index (χ3n) is 3.46. The second kappa shape index (κ2) is 7.26. The summed E-state index contributed by atoms with van der Waals surface area (Å²) in [5.74, 6) is 0.528. The van der Waals surface area contributed by atoms with Gasteiger partial charge in [0.15, 0.2) is 0 Å². The summed E-state index contributed by atoms with van der Waals surface area (Å²) in [6.45, 7) is 5.68. The predicted octanol–water partition coefficient (Wildman–Crippen LogP) is 2.94. The van der Waals surface area contributed by atoms with Crippen molar-refractivity contribution in [2.75, 3.05) is 18.4 Å². The number of ether oxygens (including phenoxy) is 1. The molecular formula is C15H23N3O3. The van der Waals surface area contributed by atoms with E-state index in [4.69, 9.17) is 4.74 Å². The smallest absolute Gasteiger partial charge is 0.275 e. The summed E-state index contributed by atoms with van der Waals surface area (Å²) in [6, 6.07) is 5.39. The largest absolute Gasteiger partial charge is 0.491 e. The summed E-state index contributed by atoms with van der Waals surface area (Å²) < 4.78 is 5.57. The van der Waals surface area contributed by atoms with Crippen LogP contribution in [0.2, 0.25) is 0 Å². The van der Waals surface area contributed by atoms with Crippen molar-refractivity contribution in [2.45, 2.75) is 45.3 Å². The number of nitro groups is 1. The van der Waals surface area contributed by atoms with Crippen molar-refractivity contribution >= 4 is 11.4 Å². The summed E-state index contributed by atoms with van der Waals surface area (Å²) in [5, 5.41) is 17.7. The molecule has 0 radical (unpaired) electrons. The molecule has 1 aliphatic heterocycles. The van der Waals surface area contributed by atoms with Crippen LogP contribution in [-0.4, -0.2) is 30.2 Å². The Hall–Kier alpha value is -1.82. The van der Waals surface area contributed by atoms with Crippen molar-refractivity contribution in [2.24, 2.45) is 0 Å². The highest BCUT2D eigenvalue weighted by atomic mass is 16.6. The van der Waals surface area contributed by atoms with Gasteiger partial charge in [-0.2, -0.15) is 0 Å². The van der Waals surface area contributed by atoms with Crippen molar-refractivity contribution in [3.05, 3.63) is 28.3 Å². The second-order valence-electron chi connectivity index (χ2n) is 5.65. The molecule has 116 valence electrons. The third kappa shape index (κ3) is 4.90. The lowest BCUT2D eigenvalue weighted by Crippen LogP contribution is -2.24. The van der Waals surface area contributed by atoms with Gasteiger partial charge in [-0.15, -0.1) is 0 Å². The van der Waals surface area contributed by atoms with Crippen LogP contribution in [0, 0.1) is 10.1 Å². The van der Waals surface area contributed by atoms with Gasteiger partial charge >= 0.3 is 0 Å². The average Bonchev–Trinajstić information content (AvgIpc) is 2.90. The molecule has 0 bridgehead atoms. The van der Waals surface area contributed by atoms with Crippen molar-refractivity contribution in [1.82, 2.24) is 5.32 Å². The van der Waals surface area contributed by atoms with E-state index >= 15 is 0 Å². The zero-order chi connectivity index (χ0) is 15.2. The van der Waals surface area contributed by atoms with E-state index in [-0.39, 0.29) is 11.8 Å². The van der Waals surface area contributed by atoms with Gasteiger partial charge in [-0.1, -0.05) is 0 Å². The van der Waals surface area contributed by atoms with Crippen molar-refractivity contribution in [1.29, 1.82) is 0 Å². The summed E-state index contributed by atoms with van der Waals surface area (Å²) in [7, 11) is 0. The normalized spacial score (nSPS) is 18.0. The Morgan fingerprint density at radius 1 is 1.48 bits per heavy atom. The van der Waals surface area contributed by atoms with Gasteiger partial charge in [-0.25, -0.2) is 0 Å². The lowest BCUT2D eigenvalue weighted by Gasteiger charge is -2.14. The van der Waals surface area contributed by atoms with Crippen LogP contribution in [0.4, 0.5) is 11.4 Å². The van der Waals surface area contributed by atoms with Crippen LogP contribution < -0.4 is 15.4 Å². The van der Waals surface area contributed by atoms with E-state index in [2.05, 4.69) is 10.6 Å². The topological polar surface area (TPSA) is 76.4 Å². The number of rotatable bonds is 7. The fourth-order valence-corrected chi connectivity index (χ4v) is 2.52. The second-order valence-corrected chi connectivity index (χ2v) is 5.65. The molecule has 1 saturated heterocycles. The van der Waals surface area contributed by atoms with Crippen LogP contribution in [0.3, 0.4) is 0 Å². The Balaban J connectivity index is 1.99. The van der Waals surface area contributed by atoms with Crippen molar-refractivity contribution in [3.8, 4) is 5.75 Å². The van der Waals surface area contributed by atoms with E-state index in [1.807, 2.05) is 19.9 Å². The summed E-state index contributed by atoms with van der Waals surface area (Å²) >= 11 is 0. The zero-order valence-electron chi connectivity index (χ0n) is 12.6. The monoisotopic (exact) mass is 293 g/mol. The molecule has 2 rings (SSSR count). The van der Waals surface area contributed by atoms with Gasteiger partial charge in [-0.05, 0) is 39.7 Å². The molecular weight excluding hydrogens is 270 g/mol. The molecule has 1 heterocycles. The summed E-state index contributed by atoms with van der Waals surface area (Å²) in [6.07, 6.45) is 3.44. The minimum atomic E-state index is -0.392. The highest BCUT2D eigenvalue weighted by molar-refractivity contribution is 5.56. The fraction of sp³-hybridized carbons (Fsp3) is 0.600. The molecule has 1 fully saturated rings. The first-order valence-electron chi connectivity index (χ1n) is 7.48. The number of nitrogens with one attached hydrogen (secondary N) is 2. The highest BCUT2D eigenvalue weighted by Crippen LogP contribution is 2.27. The van der Waals surface area contributed by atoms with Gasteiger partial charge in [0.1, 0.15) is 5.75 Å². The molecule has 0 amide bonds. The number of anilines is 1. The molecule has 6 nitrogen and oxygen atoms in total. The molecule has 0 saturated carbocycles. The molecule has 1 aromatic rings. The van der Waals surface area contributed by atoms with Gasteiger partial charge in [0.2, 0.25) is 0 Å². The van der Waals surface area contributed by atoms with Crippen LogP contribution in [0.1, 0.15) is 33.1 Å². The third-order valence-corrected chi connectivity index (χ3v) is 3.46. The van der Waals surface area contributed by atoms with Crippen LogP contribution in [-0.2, 0) is 0 Å². The first-order valence-corrected chi connectivity index (χ1v) is 7.48. The van der Waals surface area contributed by atoms with Gasteiger partial charge in [0.25, 0.3) is 5.69 Å². The Labute approximate surface area is 125 Å². The number of nitro benzene ring substituents is 1. The number of nitrogens with zero attached hydrogens (tertiary/aromatic N) is 1. The zero-order valence-corrected chi connectivity index (χ0v) is 12.6. The summed E-state index contributed by atoms with van der Waals surface area (Å²) in [5.41, 5.74) is 0.785. The highest BCUT2D eigenvalue weighted by Gasteiger charge is 2.14. The number of hydrogen-bond donors (Lipinski definition) is 2. The van der Waals surface area contributed by atoms with Gasteiger partial charge in [0, 0.05) is 30.4 Å². The Bertz CT molecular complexity index is 485. The number of benzene rings is 1. The lowest BCUT2D eigenvalue weighted by atomic mass is 10.1. The molecule has 0 aliphatic carbocycles. The van der Waals surface area contributed by atoms with Crippen LogP contribution in [0.25, 0.3) is 0 Å². The predicted molar refractivity (Wildman–Crippen MR) is 83.0 cm³/mol. The molecule has 1 aliphatic rings.